The van der Waals surface area contributed by atoms with Crippen LogP contribution in [0.15, 0.2) is 48.5 Å². The van der Waals surface area contributed by atoms with Crippen molar-refractivity contribution >= 4 is 11.8 Å². The number of hydrogen-bond donors (Lipinski definition) is 1. The summed E-state index contributed by atoms with van der Waals surface area (Å²) in [6, 6.07) is 13.1. The van der Waals surface area contributed by atoms with Crippen LogP contribution in [-0.4, -0.2) is 32.5 Å². The molecule has 1 unspecified atom stereocenters. The molecule has 152 valence electrons. The van der Waals surface area contributed by atoms with Crippen molar-refractivity contribution in [2.75, 3.05) is 0 Å². The first-order chi connectivity index (χ1) is 14.5. The summed E-state index contributed by atoms with van der Waals surface area (Å²) in [4.78, 5) is 27.3. The van der Waals surface area contributed by atoms with Crippen LogP contribution in [-0.2, 0) is 30.6 Å². The largest absolute Gasteiger partial charge is 0.368 e. The van der Waals surface area contributed by atoms with Crippen molar-refractivity contribution in [1.29, 1.82) is 0 Å². The molecule has 6 nitrogen and oxygen atoms in total. The van der Waals surface area contributed by atoms with E-state index in [0.29, 0.717) is 24.3 Å². The van der Waals surface area contributed by atoms with Gasteiger partial charge in [0.2, 0.25) is 5.91 Å². The quantitative estimate of drug-likeness (QED) is 0.729. The molecule has 2 amide bonds. The number of carbonyl (C=O) groups excluding carboxylic acids is 2. The zero-order valence-corrected chi connectivity index (χ0v) is 16.3. The molecule has 1 atom stereocenters. The molecule has 5 rings (SSSR count). The SMILES string of the molecule is NC(=O)C1Cc2ccccc2CN1C(=O)c1nn(-c2ccc(F)cc2)c2c1CCC2. The fourth-order valence-corrected chi connectivity index (χ4v) is 4.53. The van der Waals surface area contributed by atoms with Crippen molar-refractivity contribution in [3.63, 3.8) is 0 Å². The van der Waals surface area contributed by atoms with E-state index in [1.165, 1.54) is 12.1 Å². The number of nitrogens with zero attached hydrogens (tertiary/aromatic N) is 3. The fourth-order valence-electron chi connectivity index (χ4n) is 4.53. The van der Waals surface area contributed by atoms with Crippen LogP contribution in [0.1, 0.15) is 39.3 Å². The third-order valence-electron chi connectivity index (χ3n) is 6.04. The van der Waals surface area contributed by atoms with Gasteiger partial charge in [-0.15, -0.1) is 0 Å². The summed E-state index contributed by atoms with van der Waals surface area (Å²) in [7, 11) is 0. The molecule has 30 heavy (non-hydrogen) atoms. The number of nitrogens with two attached hydrogens (primary N) is 1. The Kier molecular flexibility index (Phi) is 4.38. The standard InChI is InChI=1S/C23H21FN4O2/c24-16-8-10-17(11-9-16)28-19-7-3-6-18(19)21(26-28)23(30)27-13-15-5-2-1-4-14(15)12-20(27)22(25)29/h1-2,4-5,8-11,20H,3,6-7,12-13H2,(H2,25,29). The van der Waals surface area contributed by atoms with E-state index in [2.05, 4.69) is 5.10 Å². The van der Waals surface area contributed by atoms with Crippen LogP contribution in [0, 0.1) is 5.82 Å². The first kappa shape index (κ1) is 18.5. The maximum Gasteiger partial charge on any atom is 0.275 e. The average molecular weight is 404 g/mol. The molecule has 0 spiro atoms. The van der Waals surface area contributed by atoms with E-state index in [4.69, 9.17) is 5.73 Å². The first-order valence-corrected chi connectivity index (χ1v) is 10.1. The molecule has 2 N–H and O–H groups in total. The molecule has 2 aromatic carbocycles. The number of hydrogen-bond acceptors (Lipinski definition) is 3. The second-order valence-electron chi connectivity index (χ2n) is 7.84. The maximum atomic E-state index is 13.6. The monoisotopic (exact) mass is 404 g/mol. The molecular weight excluding hydrogens is 383 g/mol. The third-order valence-corrected chi connectivity index (χ3v) is 6.04. The van der Waals surface area contributed by atoms with Crippen molar-refractivity contribution < 1.29 is 14.0 Å². The Hall–Kier alpha value is -3.48. The number of fused-ring (bicyclic) bond motifs is 2. The average Bonchev–Trinajstić information content (AvgIpc) is 3.36. The van der Waals surface area contributed by atoms with Crippen molar-refractivity contribution in [2.24, 2.45) is 5.73 Å². The van der Waals surface area contributed by atoms with Crippen molar-refractivity contribution in [3.05, 3.63) is 82.4 Å². The van der Waals surface area contributed by atoms with E-state index >= 15 is 0 Å². The van der Waals surface area contributed by atoms with E-state index in [1.807, 2.05) is 24.3 Å². The van der Waals surface area contributed by atoms with Crippen LogP contribution >= 0.6 is 0 Å². The Morgan fingerprint density at radius 1 is 1.03 bits per heavy atom. The van der Waals surface area contributed by atoms with Gasteiger partial charge in [0.1, 0.15) is 11.9 Å². The highest BCUT2D eigenvalue weighted by Gasteiger charge is 2.37. The number of benzene rings is 2. The van der Waals surface area contributed by atoms with Gasteiger partial charge in [-0.1, -0.05) is 24.3 Å². The van der Waals surface area contributed by atoms with Gasteiger partial charge in [-0.2, -0.15) is 5.10 Å². The van der Waals surface area contributed by atoms with Crippen molar-refractivity contribution in [2.45, 2.75) is 38.3 Å². The highest BCUT2D eigenvalue weighted by Crippen LogP contribution is 2.31. The van der Waals surface area contributed by atoms with E-state index < -0.39 is 11.9 Å². The Morgan fingerprint density at radius 3 is 2.50 bits per heavy atom. The van der Waals surface area contributed by atoms with Gasteiger partial charge in [0.25, 0.3) is 5.91 Å². The second-order valence-corrected chi connectivity index (χ2v) is 7.84. The highest BCUT2D eigenvalue weighted by atomic mass is 19.1. The molecule has 1 aliphatic carbocycles. The summed E-state index contributed by atoms with van der Waals surface area (Å²) >= 11 is 0. The number of aromatic nitrogens is 2. The molecule has 3 aromatic rings. The summed E-state index contributed by atoms with van der Waals surface area (Å²) in [6.07, 6.45) is 2.88. The minimum Gasteiger partial charge on any atom is -0.368 e. The molecule has 7 heteroatoms. The molecule has 2 aliphatic rings. The summed E-state index contributed by atoms with van der Waals surface area (Å²) in [5, 5.41) is 4.61. The van der Waals surface area contributed by atoms with Crippen LogP contribution in [0.3, 0.4) is 0 Å². The summed E-state index contributed by atoms with van der Waals surface area (Å²) in [5.74, 6) is -1.13. The molecule has 1 aromatic heterocycles. The molecule has 0 saturated heterocycles. The summed E-state index contributed by atoms with van der Waals surface area (Å²) in [6.45, 7) is 0.320. The number of halogens is 1. The van der Waals surface area contributed by atoms with E-state index in [9.17, 15) is 14.0 Å². The number of amides is 2. The Morgan fingerprint density at radius 2 is 1.77 bits per heavy atom. The van der Waals surface area contributed by atoms with Gasteiger partial charge >= 0.3 is 0 Å². The predicted molar refractivity (Wildman–Crippen MR) is 109 cm³/mol. The van der Waals surface area contributed by atoms with Crippen LogP contribution in [0.4, 0.5) is 4.39 Å². The molecule has 0 radical (unpaired) electrons. The second kappa shape index (κ2) is 7.09. The normalized spacial score (nSPS) is 17.5. The van der Waals surface area contributed by atoms with E-state index in [0.717, 1.165) is 41.6 Å². The minimum atomic E-state index is -0.708. The molecule has 0 bridgehead atoms. The highest BCUT2D eigenvalue weighted by molar-refractivity contribution is 5.97. The zero-order chi connectivity index (χ0) is 20.8. The molecule has 2 heterocycles. The van der Waals surface area contributed by atoms with Gasteiger partial charge in [-0.05, 0) is 54.7 Å². The van der Waals surface area contributed by atoms with Gasteiger partial charge in [0, 0.05) is 24.2 Å². The van der Waals surface area contributed by atoms with Crippen molar-refractivity contribution in [3.8, 4) is 5.69 Å². The Labute approximate surface area is 173 Å². The zero-order valence-electron chi connectivity index (χ0n) is 16.3. The number of carbonyl (C=O) groups is 2. The van der Waals surface area contributed by atoms with E-state index in [1.54, 1.807) is 21.7 Å². The number of primary amides is 1. The third kappa shape index (κ3) is 2.98. The topological polar surface area (TPSA) is 81.2 Å². The minimum absolute atomic E-state index is 0.285. The first-order valence-electron chi connectivity index (χ1n) is 10.1. The van der Waals surface area contributed by atoms with Crippen LogP contribution in [0.2, 0.25) is 0 Å². The van der Waals surface area contributed by atoms with Crippen LogP contribution in [0.25, 0.3) is 5.69 Å². The van der Waals surface area contributed by atoms with Crippen LogP contribution in [0.5, 0.6) is 0 Å². The summed E-state index contributed by atoms with van der Waals surface area (Å²) in [5.41, 5.74) is 10.7. The Bertz CT molecular complexity index is 1150. The van der Waals surface area contributed by atoms with Crippen molar-refractivity contribution in [1.82, 2.24) is 14.7 Å². The molecule has 1 aliphatic heterocycles. The van der Waals surface area contributed by atoms with Gasteiger partial charge in [0.05, 0.1) is 5.69 Å². The molecule has 0 fully saturated rings. The van der Waals surface area contributed by atoms with Gasteiger partial charge in [0.15, 0.2) is 5.69 Å². The van der Waals surface area contributed by atoms with Gasteiger partial charge in [-0.3, -0.25) is 9.59 Å². The van der Waals surface area contributed by atoms with Crippen LogP contribution < -0.4 is 5.73 Å². The summed E-state index contributed by atoms with van der Waals surface area (Å²) < 4.78 is 15.1. The predicted octanol–water partition coefficient (Wildman–Crippen LogP) is 2.55. The maximum absolute atomic E-state index is 13.6. The fraction of sp³-hybridized carbons (Fsp3) is 0.261. The lowest BCUT2D eigenvalue weighted by Gasteiger charge is -2.34. The molecule has 0 saturated carbocycles. The lowest BCUT2D eigenvalue weighted by atomic mass is 9.93. The Balaban J connectivity index is 1.55. The lowest BCUT2D eigenvalue weighted by Crippen LogP contribution is -2.51. The molecular formula is C23H21FN4O2. The lowest BCUT2D eigenvalue weighted by molar-refractivity contribution is -0.122. The smallest absolute Gasteiger partial charge is 0.275 e. The van der Waals surface area contributed by atoms with Gasteiger partial charge in [-0.25, -0.2) is 9.07 Å². The van der Waals surface area contributed by atoms with Gasteiger partial charge < -0.3 is 10.6 Å². The number of rotatable bonds is 3. The van der Waals surface area contributed by atoms with E-state index in [-0.39, 0.29) is 11.7 Å².